The van der Waals surface area contributed by atoms with Crippen LogP contribution in [0, 0.1) is 0 Å². The molecule has 1 unspecified atom stereocenters. The molecule has 0 amide bonds. The molecule has 0 radical (unpaired) electrons. The van der Waals surface area contributed by atoms with Crippen LogP contribution in [0.4, 0.5) is 0 Å². The Hall–Kier alpha value is -1.22. The molecule has 0 fully saturated rings. The normalized spacial score (nSPS) is 13.6. The molecule has 0 heterocycles. The number of hydrogen-bond donors (Lipinski definition) is 2. The highest BCUT2D eigenvalue weighted by Crippen LogP contribution is 2.38. The van der Waals surface area contributed by atoms with Gasteiger partial charge in [0.05, 0.1) is 13.2 Å². The smallest absolute Gasteiger partial charge is 0.125 e. The van der Waals surface area contributed by atoms with Gasteiger partial charge in [-0.2, -0.15) is 0 Å². The highest BCUT2D eigenvalue weighted by molar-refractivity contribution is 5.50. The number of benzene rings is 1. The second kappa shape index (κ2) is 4.34. The van der Waals surface area contributed by atoms with E-state index in [0.29, 0.717) is 11.3 Å². The number of methoxy groups -OCH3 is 1. The lowest BCUT2D eigenvalue weighted by atomic mass is 9.84. The fourth-order valence-corrected chi connectivity index (χ4v) is 1.64. The number of aliphatic hydroxyl groups excluding tert-OH is 1. The zero-order chi connectivity index (χ0) is 12.5. The maximum absolute atomic E-state index is 10.1. The molecule has 0 aromatic heterocycles. The Balaban J connectivity index is 3.44. The Morgan fingerprint density at radius 1 is 1.25 bits per heavy atom. The van der Waals surface area contributed by atoms with Crippen LogP contribution in [0.15, 0.2) is 12.1 Å². The van der Waals surface area contributed by atoms with Crippen molar-refractivity contribution in [3.8, 4) is 11.5 Å². The van der Waals surface area contributed by atoms with Crippen LogP contribution in [0.5, 0.6) is 11.5 Å². The molecular weight excluding hydrogens is 204 g/mol. The van der Waals surface area contributed by atoms with E-state index in [4.69, 9.17) is 4.74 Å². The molecule has 90 valence electrons. The van der Waals surface area contributed by atoms with Gasteiger partial charge in [-0.05, 0) is 24.5 Å². The molecule has 1 aromatic rings. The van der Waals surface area contributed by atoms with E-state index < -0.39 is 6.10 Å². The molecule has 0 saturated heterocycles. The Morgan fingerprint density at radius 3 is 2.19 bits per heavy atom. The third-order valence-corrected chi connectivity index (χ3v) is 2.61. The molecule has 0 aliphatic heterocycles. The van der Waals surface area contributed by atoms with Gasteiger partial charge in [-0.3, -0.25) is 0 Å². The van der Waals surface area contributed by atoms with Gasteiger partial charge in [-0.25, -0.2) is 0 Å². The molecule has 0 saturated carbocycles. The van der Waals surface area contributed by atoms with E-state index in [0.717, 1.165) is 5.56 Å². The van der Waals surface area contributed by atoms with Gasteiger partial charge in [0.15, 0.2) is 0 Å². The summed E-state index contributed by atoms with van der Waals surface area (Å²) >= 11 is 0. The Morgan fingerprint density at radius 2 is 1.81 bits per heavy atom. The molecule has 0 spiro atoms. The molecule has 0 bridgehead atoms. The molecule has 3 heteroatoms. The number of aliphatic hydroxyl groups is 1. The lowest BCUT2D eigenvalue weighted by Gasteiger charge is -2.23. The van der Waals surface area contributed by atoms with Crippen molar-refractivity contribution >= 4 is 0 Å². The number of aromatic hydroxyl groups is 1. The standard InChI is InChI=1S/C13H20O3/c1-8(14)10-6-9(16-5)7-11(12(10)15)13(2,3)4/h6-8,14-15H,1-5H3. The molecule has 1 rings (SSSR count). The number of rotatable bonds is 2. The van der Waals surface area contributed by atoms with Crippen molar-refractivity contribution in [2.45, 2.75) is 39.2 Å². The van der Waals surface area contributed by atoms with E-state index in [1.54, 1.807) is 26.2 Å². The molecule has 0 aliphatic rings. The number of ether oxygens (including phenoxy) is 1. The minimum absolute atomic E-state index is 0.156. The molecule has 3 nitrogen and oxygen atoms in total. The zero-order valence-corrected chi connectivity index (χ0v) is 10.5. The Kier molecular flexibility index (Phi) is 3.48. The summed E-state index contributed by atoms with van der Waals surface area (Å²) in [5, 5.41) is 19.7. The first-order valence-corrected chi connectivity index (χ1v) is 5.36. The molecule has 1 aromatic carbocycles. The topological polar surface area (TPSA) is 49.7 Å². The highest BCUT2D eigenvalue weighted by Gasteiger charge is 2.23. The molecular formula is C13H20O3. The molecule has 0 aliphatic carbocycles. The maximum atomic E-state index is 10.1. The van der Waals surface area contributed by atoms with Crippen molar-refractivity contribution in [2.24, 2.45) is 0 Å². The van der Waals surface area contributed by atoms with E-state index in [1.807, 2.05) is 20.8 Å². The molecule has 16 heavy (non-hydrogen) atoms. The third-order valence-electron chi connectivity index (χ3n) is 2.61. The van der Waals surface area contributed by atoms with Gasteiger partial charge >= 0.3 is 0 Å². The lowest BCUT2D eigenvalue weighted by molar-refractivity contribution is 0.194. The summed E-state index contributed by atoms with van der Waals surface area (Å²) in [7, 11) is 1.57. The Bertz CT molecular complexity index is 375. The van der Waals surface area contributed by atoms with E-state index >= 15 is 0 Å². The van der Waals surface area contributed by atoms with Crippen LogP contribution in [0.3, 0.4) is 0 Å². The summed E-state index contributed by atoms with van der Waals surface area (Å²) in [6.45, 7) is 7.65. The van der Waals surface area contributed by atoms with Crippen LogP contribution in [0.25, 0.3) is 0 Å². The van der Waals surface area contributed by atoms with Gasteiger partial charge in [0, 0.05) is 11.1 Å². The first kappa shape index (κ1) is 12.8. The predicted octanol–water partition coefficient (Wildman–Crippen LogP) is 2.75. The van der Waals surface area contributed by atoms with Gasteiger partial charge in [-0.15, -0.1) is 0 Å². The molecule has 1 atom stereocenters. The maximum Gasteiger partial charge on any atom is 0.125 e. The summed E-state index contributed by atoms with van der Waals surface area (Å²) in [5.41, 5.74) is 1.09. The average Bonchev–Trinajstić information content (AvgIpc) is 2.15. The van der Waals surface area contributed by atoms with Crippen molar-refractivity contribution in [1.29, 1.82) is 0 Å². The fourth-order valence-electron chi connectivity index (χ4n) is 1.64. The van der Waals surface area contributed by atoms with Gasteiger partial charge < -0.3 is 14.9 Å². The van der Waals surface area contributed by atoms with Crippen molar-refractivity contribution < 1.29 is 14.9 Å². The van der Waals surface area contributed by atoms with Gasteiger partial charge in [0.25, 0.3) is 0 Å². The second-order valence-corrected chi connectivity index (χ2v) is 5.04. The van der Waals surface area contributed by atoms with E-state index in [-0.39, 0.29) is 11.2 Å². The SMILES string of the molecule is COc1cc(C(C)O)c(O)c(C(C)(C)C)c1. The highest BCUT2D eigenvalue weighted by atomic mass is 16.5. The summed E-state index contributed by atoms with van der Waals surface area (Å²) < 4.78 is 5.17. The number of phenols is 1. The van der Waals surface area contributed by atoms with Crippen LogP contribution >= 0.6 is 0 Å². The monoisotopic (exact) mass is 224 g/mol. The van der Waals surface area contributed by atoms with Crippen molar-refractivity contribution in [1.82, 2.24) is 0 Å². The Labute approximate surface area is 96.7 Å². The summed E-state index contributed by atoms with van der Waals surface area (Å²) in [6.07, 6.45) is -0.712. The summed E-state index contributed by atoms with van der Waals surface area (Å²) in [5.74, 6) is 0.807. The van der Waals surface area contributed by atoms with Crippen molar-refractivity contribution in [3.05, 3.63) is 23.3 Å². The van der Waals surface area contributed by atoms with Crippen LogP contribution in [-0.4, -0.2) is 17.3 Å². The summed E-state index contributed by atoms with van der Waals surface area (Å²) in [4.78, 5) is 0. The van der Waals surface area contributed by atoms with Gasteiger partial charge in [0.1, 0.15) is 11.5 Å². The summed E-state index contributed by atoms with van der Waals surface area (Å²) in [6, 6.07) is 3.47. The lowest BCUT2D eigenvalue weighted by Crippen LogP contribution is -2.13. The van der Waals surface area contributed by atoms with Crippen LogP contribution in [0.1, 0.15) is 44.9 Å². The first-order valence-electron chi connectivity index (χ1n) is 5.36. The van der Waals surface area contributed by atoms with Crippen LogP contribution in [-0.2, 0) is 5.41 Å². The van der Waals surface area contributed by atoms with Crippen molar-refractivity contribution in [2.75, 3.05) is 7.11 Å². The van der Waals surface area contributed by atoms with Crippen LogP contribution < -0.4 is 4.74 Å². The second-order valence-electron chi connectivity index (χ2n) is 5.04. The quantitative estimate of drug-likeness (QED) is 0.812. The van der Waals surface area contributed by atoms with E-state index in [1.165, 1.54) is 0 Å². The minimum atomic E-state index is -0.712. The van der Waals surface area contributed by atoms with E-state index in [9.17, 15) is 10.2 Å². The number of phenolic OH excluding ortho intramolecular Hbond substituents is 1. The molecule has 2 N–H and O–H groups in total. The number of hydrogen-bond acceptors (Lipinski definition) is 3. The fraction of sp³-hybridized carbons (Fsp3) is 0.538. The van der Waals surface area contributed by atoms with E-state index in [2.05, 4.69) is 0 Å². The minimum Gasteiger partial charge on any atom is -0.507 e. The van der Waals surface area contributed by atoms with Crippen LogP contribution in [0.2, 0.25) is 0 Å². The van der Waals surface area contributed by atoms with Gasteiger partial charge in [-0.1, -0.05) is 20.8 Å². The third kappa shape index (κ3) is 2.47. The largest absolute Gasteiger partial charge is 0.507 e. The first-order chi connectivity index (χ1) is 7.27. The van der Waals surface area contributed by atoms with Crippen molar-refractivity contribution in [3.63, 3.8) is 0 Å². The average molecular weight is 224 g/mol. The predicted molar refractivity (Wildman–Crippen MR) is 64.0 cm³/mol. The zero-order valence-electron chi connectivity index (χ0n) is 10.5. The van der Waals surface area contributed by atoms with Gasteiger partial charge in [0.2, 0.25) is 0 Å².